The van der Waals surface area contributed by atoms with Crippen molar-refractivity contribution in [1.82, 2.24) is 10.3 Å². The van der Waals surface area contributed by atoms with E-state index < -0.39 is 11.2 Å². The highest BCUT2D eigenvalue weighted by molar-refractivity contribution is 8.01. The third-order valence-corrected chi connectivity index (χ3v) is 7.11. The van der Waals surface area contributed by atoms with Crippen molar-refractivity contribution in [3.05, 3.63) is 81.9 Å². The lowest BCUT2D eigenvalue weighted by Gasteiger charge is -2.26. The van der Waals surface area contributed by atoms with Gasteiger partial charge in [-0.05, 0) is 43.3 Å². The zero-order valence-corrected chi connectivity index (χ0v) is 18.9. The van der Waals surface area contributed by atoms with Gasteiger partial charge in [0.2, 0.25) is 0 Å². The van der Waals surface area contributed by atoms with Gasteiger partial charge in [-0.3, -0.25) is 14.9 Å². The second kappa shape index (κ2) is 8.72. The lowest BCUT2D eigenvalue weighted by atomic mass is 10.1. The molecule has 1 N–H and O–H groups in total. The molecule has 0 aliphatic carbocycles. The first-order chi connectivity index (χ1) is 16.0. The van der Waals surface area contributed by atoms with Gasteiger partial charge in [-0.1, -0.05) is 30.0 Å². The van der Waals surface area contributed by atoms with E-state index in [0.29, 0.717) is 32.7 Å². The monoisotopic (exact) mass is 479 g/mol. The highest BCUT2D eigenvalue weighted by Gasteiger charge is 2.28. The van der Waals surface area contributed by atoms with Crippen LogP contribution in [0.2, 0.25) is 0 Å². The molecule has 0 spiro atoms. The summed E-state index contributed by atoms with van der Waals surface area (Å²) in [5, 5.41) is 14.6. The van der Waals surface area contributed by atoms with Crippen LogP contribution in [0.15, 0.2) is 69.9 Å². The number of amides is 1. The summed E-state index contributed by atoms with van der Waals surface area (Å²) in [6.45, 7) is 2.49. The first-order valence-corrected chi connectivity index (χ1v) is 11.7. The third kappa shape index (κ3) is 4.22. The number of nitro groups is 1. The van der Waals surface area contributed by atoms with Crippen LogP contribution in [0.5, 0.6) is 11.5 Å². The quantitative estimate of drug-likeness (QED) is 0.285. The minimum absolute atomic E-state index is 0.0801. The van der Waals surface area contributed by atoms with Gasteiger partial charge < -0.3 is 14.8 Å². The van der Waals surface area contributed by atoms with E-state index in [9.17, 15) is 14.9 Å². The molecule has 33 heavy (non-hydrogen) atoms. The van der Waals surface area contributed by atoms with E-state index in [2.05, 4.69) is 10.3 Å². The van der Waals surface area contributed by atoms with Crippen molar-refractivity contribution in [1.29, 1.82) is 0 Å². The first-order valence-electron chi connectivity index (χ1n) is 10.1. The fourth-order valence-electron chi connectivity index (χ4n) is 3.47. The molecule has 1 aliphatic heterocycles. The van der Waals surface area contributed by atoms with Crippen LogP contribution in [0.3, 0.4) is 0 Å². The number of hydrogen-bond donors (Lipinski definition) is 1. The lowest BCUT2D eigenvalue weighted by molar-refractivity contribution is -0.387. The zero-order chi connectivity index (χ0) is 22.9. The van der Waals surface area contributed by atoms with Gasteiger partial charge in [-0.25, -0.2) is 4.98 Å². The standard InChI is InChI=1S/C23H17N3O5S2/c1-2-30-14-8-9-16-20(12-14)33-23(24-16)32-19-10-7-13(11-17(19)26(28)29)22-25-21(27)15-5-3-4-6-18(15)31-22/h3-12,22H,2H2,1H3,(H,25,27). The van der Waals surface area contributed by atoms with Crippen LogP contribution in [0.1, 0.15) is 29.1 Å². The predicted molar refractivity (Wildman–Crippen MR) is 125 cm³/mol. The highest BCUT2D eigenvalue weighted by Crippen LogP contribution is 2.41. The third-order valence-electron chi connectivity index (χ3n) is 4.97. The van der Waals surface area contributed by atoms with Crippen molar-refractivity contribution in [2.45, 2.75) is 22.4 Å². The highest BCUT2D eigenvalue weighted by atomic mass is 32.2. The van der Waals surface area contributed by atoms with Crippen LogP contribution in [-0.2, 0) is 0 Å². The van der Waals surface area contributed by atoms with Crippen molar-refractivity contribution >= 4 is 44.9 Å². The van der Waals surface area contributed by atoms with Crippen LogP contribution in [0.4, 0.5) is 5.69 Å². The van der Waals surface area contributed by atoms with Crippen molar-refractivity contribution < 1.29 is 19.2 Å². The van der Waals surface area contributed by atoms with Gasteiger partial charge in [0.1, 0.15) is 11.5 Å². The number of fused-ring (bicyclic) bond motifs is 2. The van der Waals surface area contributed by atoms with E-state index in [0.717, 1.165) is 16.0 Å². The maximum absolute atomic E-state index is 12.4. The summed E-state index contributed by atoms with van der Waals surface area (Å²) in [4.78, 5) is 28.8. The van der Waals surface area contributed by atoms with Gasteiger partial charge in [-0.2, -0.15) is 0 Å². The van der Waals surface area contributed by atoms with Gasteiger partial charge in [0.25, 0.3) is 11.6 Å². The summed E-state index contributed by atoms with van der Waals surface area (Å²) in [7, 11) is 0. The lowest BCUT2D eigenvalue weighted by Crippen LogP contribution is -2.36. The van der Waals surface area contributed by atoms with Crippen molar-refractivity contribution in [2.75, 3.05) is 6.61 Å². The predicted octanol–water partition coefficient (Wildman–Crippen LogP) is 5.58. The summed E-state index contributed by atoms with van der Waals surface area (Å²) in [6.07, 6.45) is -0.815. The number of para-hydroxylation sites is 1. The molecule has 0 saturated carbocycles. The molecular formula is C23H17N3O5S2. The number of aromatic nitrogens is 1. The number of nitrogens with zero attached hydrogens (tertiary/aromatic N) is 2. The van der Waals surface area contributed by atoms with Crippen molar-refractivity contribution in [3.63, 3.8) is 0 Å². The molecule has 4 aromatic rings. The molecule has 1 atom stereocenters. The molecule has 0 fully saturated rings. The van der Waals surface area contributed by atoms with Gasteiger partial charge >= 0.3 is 0 Å². The van der Waals surface area contributed by atoms with Gasteiger partial charge in [0.15, 0.2) is 10.6 Å². The Bertz CT molecular complexity index is 1390. The number of rotatable bonds is 6. The average molecular weight is 480 g/mol. The molecule has 5 rings (SSSR count). The fraction of sp³-hybridized carbons (Fsp3) is 0.130. The number of benzene rings is 3. The number of carbonyl (C=O) groups excluding carboxylic acids is 1. The van der Waals surface area contributed by atoms with E-state index >= 15 is 0 Å². The summed E-state index contributed by atoms with van der Waals surface area (Å²) in [6, 6.07) is 17.3. The molecular weight excluding hydrogens is 462 g/mol. The Morgan fingerprint density at radius 1 is 1.21 bits per heavy atom. The smallest absolute Gasteiger partial charge is 0.283 e. The second-order valence-corrected chi connectivity index (χ2v) is 9.42. The number of hydrogen-bond acceptors (Lipinski definition) is 8. The molecule has 1 aliphatic rings. The molecule has 0 radical (unpaired) electrons. The Kier molecular flexibility index (Phi) is 5.61. The topological polar surface area (TPSA) is 104 Å². The number of ether oxygens (including phenoxy) is 2. The van der Waals surface area contributed by atoms with Gasteiger partial charge in [0, 0.05) is 11.6 Å². The number of nitro benzene ring substituents is 1. The molecule has 1 unspecified atom stereocenters. The summed E-state index contributed by atoms with van der Waals surface area (Å²) in [5.74, 6) is 0.911. The SMILES string of the molecule is CCOc1ccc2nc(Sc3ccc(C4NC(=O)c5ccccc5O4)cc3[N+](=O)[O-])sc2c1. The number of nitrogens with one attached hydrogen (secondary N) is 1. The van der Waals surface area contributed by atoms with Crippen LogP contribution < -0.4 is 14.8 Å². The minimum atomic E-state index is -0.815. The number of carbonyl (C=O) groups is 1. The van der Waals surface area contributed by atoms with E-state index in [1.54, 1.807) is 36.4 Å². The van der Waals surface area contributed by atoms with E-state index in [1.165, 1.54) is 29.2 Å². The summed E-state index contributed by atoms with van der Waals surface area (Å²) >= 11 is 2.67. The summed E-state index contributed by atoms with van der Waals surface area (Å²) in [5.41, 5.74) is 1.64. The van der Waals surface area contributed by atoms with E-state index in [1.807, 2.05) is 25.1 Å². The average Bonchev–Trinajstić information content (AvgIpc) is 3.21. The van der Waals surface area contributed by atoms with Crippen LogP contribution in [0.25, 0.3) is 10.2 Å². The first kappa shape index (κ1) is 21.2. The Morgan fingerprint density at radius 3 is 2.88 bits per heavy atom. The van der Waals surface area contributed by atoms with Gasteiger partial charge in [0.05, 0.1) is 32.2 Å². The molecule has 166 valence electrons. The molecule has 10 heteroatoms. The second-order valence-electron chi connectivity index (χ2n) is 7.10. The maximum Gasteiger partial charge on any atom is 0.283 e. The Balaban J connectivity index is 1.43. The largest absolute Gasteiger partial charge is 0.494 e. The van der Waals surface area contributed by atoms with Gasteiger partial charge in [-0.15, -0.1) is 11.3 Å². The molecule has 0 bridgehead atoms. The Morgan fingerprint density at radius 2 is 2.06 bits per heavy atom. The van der Waals surface area contributed by atoms with Crippen molar-refractivity contribution in [2.24, 2.45) is 0 Å². The van der Waals surface area contributed by atoms with Crippen molar-refractivity contribution in [3.8, 4) is 11.5 Å². The maximum atomic E-state index is 12.4. The molecule has 1 amide bonds. The zero-order valence-electron chi connectivity index (χ0n) is 17.3. The van der Waals surface area contributed by atoms with Crippen LogP contribution >= 0.6 is 23.1 Å². The Labute approximate surface area is 196 Å². The Hall–Kier alpha value is -3.63. The molecule has 1 aromatic heterocycles. The normalized spacial score (nSPS) is 14.9. The molecule has 2 heterocycles. The van der Waals surface area contributed by atoms with E-state index in [4.69, 9.17) is 9.47 Å². The molecule has 0 saturated heterocycles. The fourth-order valence-corrected chi connectivity index (χ4v) is 5.60. The number of thiazole rings is 1. The minimum Gasteiger partial charge on any atom is -0.494 e. The van der Waals surface area contributed by atoms with Crippen LogP contribution in [0, 0.1) is 10.1 Å². The summed E-state index contributed by atoms with van der Waals surface area (Å²) < 4.78 is 13.0. The van der Waals surface area contributed by atoms with E-state index in [-0.39, 0.29) is 11.6 Å². The molecule has 3 aromatic carbocycles. The van der Waals surface area contributed by atoms with Crippen LogP contribution in [-0.4, -0.2) is 22.4 Å². The molecule has 8 nitrogen and oxygen atoms in total.